The fraction of sp³-hybridized carbons (Fsp3) is 0.417. The van der Waals surface area contributed by atoms with Crippen LogP contribution in [0.3, 0.4) is 0 Å². The number of thioether (sulfide) groups is 1. The van der Waals surface area contributed by atoms with Crippen LogP contribution in [0.15, 0.2) is 29.2 Å². The highest BCUT2D eigenvalue weighted by Gasteiger charge is 2.07. The van der Waals surface area contributed by atoms with E-state index in [1.54, 1.807) is 6.07 Å². The molecule has 2 N–H and O–H groups in total. The Morgan fingerprint density at radius 3 is 2.88 bits per heavy atom. The first kappa shape index (κ1) is 14.4. The van der Waals surface area contributed by atoms with Crippen LogP contribution < -0.4 is 5.32 Å². The first-order chi connectivity index (χ1) is 8.13. The molecule has 1 amide bonds. The van der Waals surface area contributed by atoms with Gasteiger partial charge >= 0.3 is 0 Å². The molecule has 17 heavy (non-hydrogen) atoms. The Morgan fingerprint density at radius 2 is 2.24 bits per heavy atom. The lowest BCUT2D eigenvalue weighted by molar-refractivity contribution is -0.119. The van der Waals surface area contributed by atoms with Crippen LogP contribution in [0.1, 0.15) is 13.3 Å². The molecule has 1 unspecified atom stereocenters. The molecule has 0 aliphatic carbocycles. The van der Waals surface area contributed by atoms with Gasteiger partial charge in [-0.15, -0.1) is 11.8 Å². The number of hydrogen-bond donors (Lipinski definition) is 2. The molecule has 1 aromatic carbocycles. The second-order valence-electron chi connectivity index (χ2n) is 3.59. The Balaban J connectivity index is 2.31. The molecular formula is C12H16ClNO2S. The van der Waals surface area contributed by atoms with Gasteiger partial charge in [0.05, 0.1) is 16.9 Å². The van der Waals surface area contributed by atoms with E-state index >= 15 is 0 Å². The molecule has 0 aromatic heterocycles. The normalized spacial score (nSPS) is 12.2. The minimum atomic E-state index is -0.468. The van der Waals surface area contributed by atoms with Crippen LogP contribution >= 0.6 is 23.4 Å². The Kier molecular flexibility index (Phi) is 6.40. The molecule has 1 aromatic rings. The van der Waals surface area contributed by atoms with Crippen LogP contribution in [0.4, 0.5) is 0 Å². The molecule has 0 fully saturated rings. The lowest BCUT2D eigenvalue weighted by atomic mass is 10.3. The van der Waals surface area contributed by atoms with Gasteiger partial charge in [-0.25, -0.2) is 0 Å². The molecule has 94 valence electrons. The van der Waals surface area contributed by atoms with Crippen LogP contribution in [0.25, 0.3) is 0 Å². The molecule has 0 bridgehead atoms. The van der Waals surface area contributed by atoms with Crippen molar-refractivity contribution in [2.45, 2.75) is 24.3 Å². The third-order valence-corrected chi connectivity index (χ3v) is 3.72. The molecule has 3 nitrogen and oxygen atoms in total. The van der Waals surface area contributed by atoms with E-state index in [9.17, 15) is 9.90 Å². The van der Waals surface area contributed by atoms with Gasteiger partial charge in [0.2, 0.25) is 5.91 Å². The van der Waals surface area contributed by atoms with E-state index in [2.05, 4.69) is 5.32 Å². The minimum Gasteiger partial charge on any atom is -0.391 e. The van der Waals surface area contributed by atoms with Crippen LogP contribution in [0.5, 0.6) is 0 Å². The maximum atomic E-state index is 11.5. The molecule has 1 atom stereocenters. The van der Waals surface area contributed by atoms with Crippen molar-refractivity contribution in [3.05, 3.63) is 29.3 Å². The van der Waals surface area contributed by atoms with Gasteiger partial charge in [0, 0.05) is 11.4 Å². The predicted molar refractivity (Wildman–Crippen MR) is 71.5 cm³/mol. The summed E-state index contributed by atoms with van der Waals surface area (Å²) >= 11 is 7.35. The van der Waals surface area contributed by atoms with Gasteiger partial charge in [0.25, 0.3) is 0 Å². The number of benzene rings is 1. The Bertz CT molecular complexity index is 373. The first-order valence-electron chi connectivity index (χ1n) is 5.45. The second-order valence-corrected chi connectivity index (χ2v) is 5.01. The summed E-state index contributed by atoms with van der Waals surface area (Å²) in [6.45, 7) is 2.17. The molecule has 5 heteroatoms. The van der Waals surface area contributed by atoms with E-state index in [4.69, 9.17) is 11.6 Å². The highest BCUT2D eigenvalue weighted by molar-refractivity contribution is 8.00. The maximum Gasteiger partial charge on any atom is 0.230 e. The molecule has 0 saturated carbocycles. The van der Waals surface area contributed by atoms with E-state index in [0.29, 0.717) is 23.7 Å². The molecule has 0 saturated heterocycles. The summed E-state index contributed by atoms with van der Waals surface area (Å²) in [5.74, 6) is 0.211. The summed E-state index contributed by atoms with van der Waals surface area (Å²) in [6, 6.07) is 7.40. The van der Waals surface area contributed by atoms with Gasteiger partial charge in [-0.3, -0.25) is 4.79 Å². The fourth-order valence-electron chi connectivity index (χ4n) is 1.13. The van der Waals surface area contributed by atoms with E-state index in [1.807, 2.05) is 25.1 Å². The third kappa shape index (κ3) is 5.44. The van der Waals surface area contributed by atoms with Gasteiger partial charge in [-0.05, 0) is 18.6 Å². The number of carbonyl (C=O) groups is 1. The average molecular weight is 274 g/mol. The van der Waals surface area contributed by atoms with Crippen LogP contribution in [0.2, 0.25) is 5.02 Å². The van der Waals surface area contributed by atoms with Crippen molar-refractivity contribution in [1.29, 1.82) is 0 Å². The van der Waals surface area contributed by atoms with Gasteiger partial charge in [0.15, 0.2) is 0 Å². The van der Waals surface area contributed by atoms with Crippen molar-refractivity contribution in [3.8, 4) is 0 Å². The minimum absolute atomic E-state index is 0.0950. The van der Waals surface area contributed by atoms with E-state index in [-0.39, 0.29) is 5.91 Å². The zero-order valence-electron chi connectivity index (χ0n) is 9.65. The Hall–Kier alpha value is -0.710. The molecule has 0 heterocycles. The number of halogens is 1. The van der Waals surface area contributed by atoms with E-state index < -0.39 is 6.10 Å². The van der Waals surface area contributed by atoms with Crippen LogP contribution in [0, 0.1) is 0 Å². The topological polar surface area (TPSA) is 49.3 Å². The van der Waals surface area contributed by atoms with Crippen LogP contribution in [-0.4, -0.2) is 29.4 Å². The third-order valence-electron chi connectivity index (χ3n) is 2.20. The zero-order chi connectivity index (χ0) is 12.7. The summed E-state index contributed by atoms with van der Waals surface area (Å²) in [4.78, 5) is 12.4. The largest absolute Gasteiger partial charge is 0.391 e. The molecule has 0 radical (unpaired) electrons. The van der Waals surface area contributed by atoms with Crippen molar-refractivity contribution in [1.82, 2.24) is 5.32 Å². The van der Waals surface area contributed by atoms with Gasteiger partial charge < -0.3 is 10.4 Å². The quantitative estimate of drug-likeness (QED) is 0.782. The number of hydrogen-bond acceptors (Lipinski definition) is 3. The van der Waals surface area contributed by atoms with Crippen molar-refractivity contribution >= 4 is 29.3 Å². The van der Waals surface area contributed by atoms with Gasteiger partial charge in [0.1, 0.15) is 0 Å². The lowest BCUT2D eigenvalue weighted by Gasteiger charge is -2.09. The first-order valence-corrected chi connectivity index (χ1v) is 6.82. The number of nitrogens with one attached hydrogen (secondary N) is 1. The average Bonchev–Trinajstić information content (AvgIpc) is 2.35. The van der Waals surface area contributed by atoms with Gasteiger partial charge in [-0.2, -0.15) is 0 Å². The lowest BCUT2D eigenvalue weighted by Crippen LogP contribution is -2.32. The summed E-state index contributed by atoms with van der Waals surface area (Å²) in [7, 11) is 0. The van der Waals surface area contributed by atoms with Crippen molar-refractivity contribution in [2.24, 2.45) is 0 Å². The fourth-order valence-corrected chi connectivity index (χ4v) is 2.20. The predicted octanol–water partition coefficient (Wildman–Crippen LogP) is 2.32. The number of aliphatic hydroxyl groups is 1. The SMILES string of the molecule is CCC(O)CNC(=O)CSc1ccccc1Cl. The van der Waals surface area contributed by atoms with Crippen molar-refractivity contribution in [3.63, 3.8) is 0 Å². The summed E-state index contributed by atoms with van der Waals surface area (Å²) in [5, 5.41) is 12.6. The number of amides is 1. The smallest absolute Gasteiger partial charge is 0.230 e. The summed E-state index contributed by atoms with van der Waals surface area (Å²) in [6.07, 6.45) is 0.169. The summed E-state index contributed by atoms with van der Waals surface area (Å²) < 4.78 is 0. The molecule has 1 rings (SSSR count). The molecule has 0 spiro atoms. The summed E-state index contributed by atoms with van der Waals surface area (Å²) in [5.41, 5.74) is 0. The van der Waals surface area contributed by atoms with Crippen molar-refractivity contribution in [2.75, 3.05) is 12.3 Å². The van der Waals surface area contributed by atoms with E-state index in [1.165, 1.54) is 11.8 Å². The maximum absolute atomic E-state index is 11.5. The molecular weight excluding hydrogens is 258 g/mol. The number of aliphatic hydroxyl groups excluding tert-OH is 1. The highest BCUT2D eigenvalue weighted by Crippen LogP contribution is 2.26. The van der Waals surface area contributed by atoms with Crippen molar-refractivity contribution < 1.29 is 9.90 Å². The standard InChI is InChI=1S/C12H16ClNO2S/c1-2-9(15)7-14-12(16)8-17-11-6-4-3-5-10(11)13/h3-6,9,15H,2,7-8H2,1H3,(H,14,16). The zero-order valence-corrected chi connectivity index (χ0v) is 11.2. The van der Waals surface area contributed by atoms with E-state index in [0.717, 1.165) is 4.90 Å². The monoisotopic (exact) mass is 273 g/mol. The molecule has 0 aliphatic rings. The second kappa shape index (κ2) is 7.58. The number of carbonyl (C=O) groups excluding carboxylic acids is 1. The highest BCUT2D eigenvalue weighted by atomic mass is 35.5. The van der Waals surface area contributed by atoms with Gasteiger partial charge in [-0.1, -0.05) is 30.7 Å². The Labute approximate surface area is 111 Å². The Morgan fingerprint density at radius 1 is 1.53 bits per heavy atom. The van der Waals surface area contributed by atoms with Crippen LogP contribution in [-0.2, 0) is 4.79 Å². The number of rotatable bonds is 6. The molecule has 0 aliphatic heterocycles.